The van der Waals surface area contributed by atoms with Crippen molar-refractivity contribution in [1.82, 2.24) is 9.78 Å². The van der Waals surface area contributed by atoms with Gasteiger partial charge in [0.1, 0.15) is 15.8 Å². The van der Waals surface area contributed by atoms with E-state index in [9.17, 15) is 9.59 Å². The molecular formula is C20H24BrN3O4. The third-order valence-corrected chi connectivity index (χ3v) is 5.27. The van der Waals surface area contributed by atoms with E-state index >= 15 is 0 Å². The highest BCUT2D eigenvalue weighted by Gasteiger charge is 2.39. The first kappa shape index (κ1) is 20.4. The number of halogens is 1. The summed E-state index contributed by atoms with van der Waals surface area (Å²) in [5.74, 6) is 1.77. The Labute approximate surface area is 172 Å². The van der Waals surface area contributed by atoms with Gasteiger partial charge in [0.25, 0.3) is 5.56 Å². The molecular weight excluding hydrogens is 426 g/mol. The molecule has 1 fully saturated rings. The topological polar surface area (TPSA) is 82.4 Å². The highest BCUT2D eigenvalue weighted by Crippen LogP contribution is 2.50. The maximum Gasteiger partial charge on any atom is 0.438 e. The average molecular weight is 450 g/mol. The number of hydrogen-bond donors (Lipinski definition) is 1. The number of nitrogens with zero attached hydrogens (tertiary/aromatic N) is 2. The summed E-state index contributed by atoms with van der Waals surface area (Å²) < 4.78 is 11.6. The lowest BCUT2D eigenvalue weighted by molar-refractivity contribution is 0.0505. The van der Waals surface area contributed by atoms with Gasteiger partial charge in [0.15, 0.2) is 0 Å². The first-order valence-electron chi connectivity index (χ1n) is 9.09. The van der Waals surface area contributed by atoms with Crippen molar-refractivity contribution in [3.8, 4) is 5.75 Å². The molecule has 3 rings (SSSR count). The van der Waals surface area contributed by atoms with Gasteiger partial charge in [-0.25, -0.2) is 4.79 Å². The zero-order valence-corrected chi connectivity index (χ0v) is 17.9. The highest BCUT2D eigenvalue weighted by molar-refractivity contribution is 9.10. The molecule has 2 atom stereocenters. The number of anilines is 1. The second-order valence-corrected chi connectivity index (χ2v) is 8.59. The predicted molar refractivity (Wildman–Crippen MR) is 110 cm³/mol. The van der Waals surface area contributed by atoms with E-state index in [2.05, 4.69) is 32.4 Å². The molecule has 0 spiro atoms. The van der Waals surface area contributed by atoms with Crippen LogP contribution in [-0.4, -0.2) is 35.1 Å². The fourth-order valence-electron chi connectivity index (χ4n) is 3.06. The first-order valence-corrected chi connectivity index (χ1v) is 9.88. The number of hydrogen-bond acceptors (Lipinski definition) is 6. The van der Waals surface area contributed by atoms with E-state index < -0.39 is 17.3 Å². The number of carbonyl (C=O) groups is 1. The molecule has 1 saturated carbocycles. The molecule has 1 aromatic heterocycles. The fourth-order valence-corrected chi connectivity index (χ4v) is 3.47. The summed E-state index contributed by atoms with van der Waals surface area (Å²) in [5, 5.41) is 7.19. The Morgan fingerprint density at radius 3 is 2.75 bits per heavy atom. The number of rotatable bonds is 5. The number of carbonyl (C=O) groups excluding carboxylic acids is 1. The van der Waals surface area contributed by atoms with E-state index in [1.807, 2.05) is 18.2 Å². The van der Waals surface area contributed by atoms with Crippen LogP contribution < -0.4 is 15.6 Å². The standard InChI is InChI=1S/C20H24BrN3O4/c1-20(2,3)28-19(26)24-18(25)17(21)15(11-23-24)22-10-12-9-14(12)13-7-5-6-8-16(13)27-4/h5-8,11-12,14,22H,9-10H2,1-4H3. The highest BCUT2D eigenvalue weighted by atomic mass is 79.9. The average Bonchev–Trinajstić information content (AvgIpc) is 3.40. The molecule has 0 bridgehead atoms. The van der Waals surface area contributed by atoms with Gasteiger partial charge in [-0.2, -0.15) is 5.10 Å². The molecule has 8 heteroatoms. The molecule has 28 heavy (non-hydrogen) atoms. The lowest BCUT2D eigenvalue weighted by atomic mass is 10.1. The number of nitrogens with one attached hydrogen (secondary N) is 1. The van der Waals surface area contributed by atoms with Gasteiger partial charge in [0, 0.05) is 6.54 Å². The number of aromatic nitrogens is 2. The van der Waals surface area contributed by atoms with Gasteiger partial charge in [-0.15, -0.1) is 4.68 Å². The summed E-state index contributed by atoms with van der Waals surface area (Å²) >= 11 is 3.27. The van der Waals surface area contributed by atoms with Gasteiger partial charge < -0.3 is 14.8 Å². The Bertz CT molecular complexity index is 936. The van der Waals surface area contributed by atoms with Crippen LogP contribution in [0.5, 0.6) is 5.75 Å². The van der Waals surface area contributed by atoms with Crippen LogP contribution in [0.1, 0.15) is 38.7 Å². The van der Waals surface area contributed by atoms with E-state index in [0.29, 0.717) is 24.1 Å². The molecule has 0 saturated heterocycles. The van der Waals surface area contributed by atoms with E-state index in [4.69, 9.17) is 9.47 Å². The smallest absolute Gasteiger partial charge is 0.438 e. The quantitative estimate of drug-likeness (QED) is 0.742. The SMILES string of the molecule is COc1ccccc1C1CC1CNc1cnn(C(=O)OC(C)(C)C)c(=O)c1Br. The minimum absolute atomic E-state index is 0.253. The van der Waals surface area contributed by atoms with Gasteiger partial charge in [0.2, 0.25) is 0 Å². The summed E-state index contributed by atoms with van der Waals surface area (Å²) in [6.07, 6.45) is 1.70. The third kappa shape index (κ3) is 4.55. The van der Waals surface area contributed by atoms with Gasteiger partial charge in [-0.1, -0.05) is 18.2 Å². The van der Waals surface area contributed by atoms with Crippen molar-refractivity contribution in [3.05, 3.63) is 50.9 Å². The van der Waals surface area contributed by atoms with E-state index in [-0.39, 0.29) is 4.47 Å². The molecule has 1 N–H and O–H groups in total. The fraction of sp³-hybridized carbons (Fsp3) is 0.450. The minimum Gasteiger partial charge on any atom is -0.496 e. The Morgan fingerprint density at radius 1 is 1.36 bits per heavy atom. The molecule has 2 unspecified atom stereocenters. The summed E-state index contributed by atoms with van der Waals surface area (Å²) in [4.78, 5) is 24.5. The van der Waals surface area contributed by atoms with Gasteiger partial charge in [-0.05, 0) is 66.6 Å². The first-order chi connectivity index (χ1) is 13.2. The Balaban J connectivity index is 1.66. The molecule has 0 radical (unpaired) electrons. The van der Waals surface area contributed by atoms with Crippen LogP contribution in [0.4, 0.5) is 10.5 Å². The maximum absolute atomic E-state index is 12.4. The number of benzene rings is 1. The normalized spacial score (nSPS) is 18.5. The van der Waals surface area contributed by atoms with Crippen molar-refractivity contribution in [3.63, 3.8) is 0 Å². The zero-order chi connectivity index (χ0) is 20.5. The third-order valence-electron chi connectivity index (χ3n) is 4.50. The van der Waals surface area contributed by atoms with Crippen LogP contribution in [0.3, 0.4) is 0 Å². The van der Waals surface area contributed by atoms with E-state index in [0.717, 1.165) is 16.9 Å². The monoisotopic (exact) mass is 449 g/mol. The van der Waals surface area contributed by atoms with Crippen LogP contribution in [0, 0.1) is 5.92 Å². The molecule has 1 aliphatic carbocycles. The molecule has 150 valence electrons. The molecule has 7 nitrogen and oxygen atoms in total. The van der Waals surface area contributed by atoms with Crippen molar-refractivity contribution in [2.45, 2.75) is 38.7 Å². The van der Waals surface area contributed by atoms with Crippen molar-refractivity contribution < 1.29 is 14.3 Å². The second-order valence-electron chi connectivity index (χ2n) is 7.79. The molecule has 1 aliphatic rings. The van der Waals surface area contributed by atoms with E-state index in [1.165, 1.54) is 11.8 Å². The number of methoxy groups -OCH3 is 1. The summed E-state index contributed by atoms with van der Waals surface area (Å²) in [6.45, 7) is 5.89. The summed E-state index contributed by atoms with van der Waals surface area (Å²) in [7, 11) is 1.68. The van der Waals surface area contributed by atoms with E-state index in [1.54, 1.807) is 27.9 Å². The summed E-state index contributed by atoms with van der Waals surface area (Å²) in [6, 6.07) is 8.02. The van der Waals surface area contributed by atoms with Crippen LogP contribution in [0.25, 0.3) is 0 Å². The Hall–Kier alpha value is -2.35. The lowest BCUT2D eigenvalue weighted by Crippen LogP contribution is -2.35. The summed E-state index contributed by atoms with van der Waals surface area (Å²) in [5.41, 5.74) is 0.488. The second kappa shape index (κ2) is 7.95. The Morgan fingerprint density at radius 2 is 2.07 bits per heavy atom. The van der Waals surface area contributed by atoms with Crippen molar-refractivity contribution >= 4 is 27.7 Å². The van der Waals surface area contributed by atoms with Crippen molar-refractivity contribution in [2.24, 2.45) is 5.92 Å². The molecule has 2 aromatic rings. The zero-order valence-electron chi connectivity index (χ0n) is 16.4. The largest absolute Gasteiger partial charge is 0.496 e. The maximum atomic E-state index is 12.4. The van der Waals surface area contributed by atoms with Gasteiger partial charge in [0.05, 0.1) is 19.0 Å². The number of ether oxygens (including phenoxy) is 2. The lowest BCUT2D eigenvalue weighted by Gasteiger charge is -2.19. The van der Waals surface area contributed by atoms with Crippen LogP contribution in [0.15, 0.2) is 39.7 Å². The van der Waals surface area contributed by atoms with Crippen molar-refractivity contribution in [2.75, 3.05) is 19.0 Å². The van der Waals surface area contributed by atoms with Crippen LogP contribution in [-0.2, 0) is 4.74 Å². The Kier molecular flexibility index (Phi) is 5.79. The number of para-hydroxylation sites is 1. The van der Waals surface area contributed by atoms with Crippen LogP contribution in [0.2, 0.25) is 0 Å². The van der Waals surface area contributed by atoms with Gasteiger partial charge >= 0.3 is 6.09 Å². The van der Waals surface area contributed by atoms with Gasteiger partial charge in [-0.3, -0.25) is 4.79 Å². The molecule has 1 aromatic carbocycles. The molecule has 0 amide bonds. The predicted octanol–water partition coefficient (Wildman–Crippen LogP) is 4.01. The minimum atomic E-state index is -0.803. The van der Waals surface area contributed by atoms with Crippen LogP contribution >= 0.6 is 15.9 Å². The molecule has 0 aliphatic heterocycles. The van der Waals surface area contributed by atoms with Crippen molar-refractivity contribution in [1.29, 1.82) is 0 Å². The molecule has 1 heterocycles.